The van der Waals surface area contributed by atoms with Gasteiger partial charge in [-0.15, -0.1) is 0 Å². The summed E-state index contributed by atoms with van der Waals surface area (Å²) in [6, 6.07) is 13.7. The predicted octanol–water partition coefficient (Wildman–Crippen LogP) is 3.94. The summed E-state index contributed by atoms with van der Waals surface area (Å²) < 4.78 is 24.5. The van der Waals surface area contributed by atoms with E-state index in [4.69, 9.17) is 9.47 Å². The van der Waals surface area contributed by atoms with Gasteiger partial charge < -0.3 is 9.47 Å². The number of fused-ring (bicyclic) bond motifs is 4. The van der Waals surface area contributed by atoms with Gasteiger partial charge in [0.15, 0.2) is 0 Å². The number of methoxy groups -OCH3 is 2. The molecule has 0 radical (unpaired) electrons. The molecule has 150 valence electrons. The van der Waals surface area contributed by atoms with E-state index >= 15 is 0 Å². The van der Waals surface area contributed by atoms with Crippen LogP contribution in [0.1, 0.15) is 24.0 Å². The summed E-state index contributed by atoms with van der Waals surface area (Å²) in [5.74, 6) is 2.14. The van der Waals surface area contributed by atoms with Gasteiger partial charge in [0.05, 0.1) is 14.2 Å². The molecule has 5 rings (SSSR count). The smallest absolute Gasteiger partial charge is 0.123 e. The van der Waals surface area contributed by atoms with Gasteiger partial charge in [0.1, 0.15) is 17.3 Å². The van der Waals surface area contributed by atoms with Crippen molar-refractivity contribution in [3.05, 3.63) is 59.4 Å². The van der Waals surface area contributed by atoms with Crippen molar-refractivity contribution in [1.82, 2.24) is 9.80 Å². The molecule has 3 saturated heterocycles. The second-order valence-corrected chi connectivity index (χ2v) is 8.02. The van der Waals surface area contributed by atoms with Gasteiger partial charge in [-0.1, -0.05) is 12.1 Å². The SMILES string of the molecule is COc1ccc(CN2C[C@@H]3CC[C@H](C2)N(Cc2cc(F)ccc2OC)C3)cc1. The Hall–Kier alpha value is -2.11. The monoisotopic (exact) mass is 384 g/mol. The quantitative estimate of drug-likeness (QED) is 0.753. The number of rotatable bonds is 6. The van der Waals surface area contributed by atoms with Gasteiger partial charge in [-0.3, -0.25) is 9.80 Å². The molecular formula is C23H29FN2O2. The van der Waals surface area contributed by atoms with E-state index in [9.17, 15) is 4.39 Å². The molecule has 5 heteroatoms. The molecule has 2 aromatic carbocycles. The van der Waals surface area contributed by atoms with Crippen molar-refractivity contribution >= 4 is 0 Å². The molecule has 2 bridgehead atoms. The maximum atomic E-state index is 13.8. The van der Waals surface area contributed by atoms with Crippen LogP contribution >= 0.6 is 0 Å². The van der Waals surface area contributed by atoms with E-state index in [1.165, 1.54) is 24.5 Å². The van der Waals surface area contributed by atoms with E-state index < -0.39 is 0 Å². The number of nitrogens with zero attached hydrogens (tertiary/aromatic N) is 2. The molecule has 0 amide bonds. The first-order valence-corrected chi connectivity index (χ1v) is 10.1. The van der Waals surface area contributed by atoms with Crippen LogP contribution in [-0.4, -0.2) is 49.7 Å². The lowest BCUT2D eigenvalue weighted by Gasteiger charge is -2.36. The van der Waals surface area contributed by atoms with E-state index in [1.54, 1.807) is 26.4 Å². The van der Waals surface area contributed by atoms with Crippen LogP contribution in [-0.2, 0) is 13.1 Å². The highest BCUT2D eigenvalue weighted by Crippen LogP contribution is 2.32. The van der Waals surface area contributed by atoms with E-state index in [2.05, 4.69) is 21.9 Å². The van der Waals surface area contributed by atoms with Crippen LogP contribution in [0.2, 0.25) is 0 Å². The van der Waals surface area contributed by atoms with Crippen molar-refractivity contribution < 1.29 is 13.9 Å². The highest BCUT2D eigenvalue weighted by atomic mass is 19.1. The summed E-state index contributed by atoms with van der Waals surface area (Å²) in [5, 5.41) is 0. The topological polar surface area (TPSA) is 24.9 Å². The zero-order valence-corrected chi connectivity index (χ0v) is 16.7. The minimum Gasteiger partial charge on any atom is -0.497 e. The summed E-state index contributed by atoms with van der Waals surface area (Å²) in [4.78, 5) is 5.10. The highest BCUT2D eigenvalue weighted by Gasteiger charge is 2.35. The molecule has 3 heterocycles. The predicted molar refractivity (Wildman–Crippen MR) is 108 cm³/mol. The van der Waals surface area contributed by atoms with Crippen LogP contribution in [0.5, 0.6) is 11.5 Å². The average molecular weight is 384 g/mol. The highest BCUT2D eigenvalue weighted by molar-refractivity contribution is 5.34. The molecule has 0 spiro atoms. The molecule has 4 nitrogen and oxygen atoms in total. The lowest BCUT2D eigenvalue weighted by Crippen LogP contribution is -2.43. The zero-order valence-electron chi connectivity index (χ0n) is 16.7. The molecule has 0 aliphatic carbocycles. The number of hydrogen-bond donors (Lipinski definition) is 0. The second-order valence-electron chi connectivity index (χ2n) is 8.02. The fourth-order valence-electron chi connectivity index (χ4n) is 4.68. The Bertz CT molecular complexity index is 796. The molecule has 3 fully saturated rings. The molecule has 3 aliphatic heterocycles. The molecule has 2 aromatic rings. The molecule has 3 aliphatic rings. The van der Waals surface area contributed by atoms with Crippen molar-refractivity contribution in [2.75, 3.05) is 33.9 Å². The molecular weight excluding hydrogens is 355 g/mol. The molecule has 28 heavy (non-hydrogen) atoms. The minimum absolute atomic E-state index is 0.197. The van der Waals surface area contributed by atoms with Crippen LogP contribution in [0.4, 0.5) is 4.39 Å². The Morgan fingerprint density at radius 3 is 2.50 bits per heavy atom. The van der Waals surface area contributed by atoms with Gasteiger partial charge in [-0.05, 0) is 54.7 Å². The summed E-state index contributed by atoms with van der Waals surface area (Å²) >= 11 is 0. The normalized spacial score (nSPS) is 22.8. The van der Waals surface area contributed by atoms with Gasteiger partial charge in [0, 0.05) is 44.3 Å². The van der Waals surface area contributed by atoms with E-state index in [1.807, 2.05) is 12.1 Å². The Labute approximate surface area is 166 Å². The lowest BCUT2D eigenvalue weighted by atomic mass is 9.94. The van der Waals surface area contributed by atoms with Gasteiger partial charge in [0.2, 0.25) is 0 Å². The van der Waals surface area contributed by atoms with Gasteiger partial charge >= 0.3 is 0 Å². The van der Waals surface area contributed by atoms with Gasteiger partial charge in [0.25, 0.3) is 0 Å². The summed E-state index contributed by atoms with van der Waals surface area (Å²) in [6.07, 6.45) is 2.49. The number of ether oxygens (including phenoxy) is 2. The fourth-order valence-corrected chi connectivity index (χ4v) is 4.68. The maximum absolute atomic E-state index is 13.8. The number of hydrogen-bond acceptors (Lipinski definition) is 4. The van der Waals surface area contributed by atoms with Crippen molar-refractivity contribution in [1.29, 1.82) is 0 Å². The molecule has 2 atom stereocenters. The Morgan fingerprint density at radius 1 is 0.929 bits per heavy atom. The van der Waals surface area contributed by atoms with Crippen LogP contribution in [0, 0.1) is 11.7 Å². The van der Waals surface area contributed by atoms with Crippen molar-refractivity contribution in [3.8, 4) is 11.5 Å². The standard InChI is InChI=1S/C23H29FN2O2/c1-27-22-8-4-17(5-9-22)12-25-13-18-3-7-21(16-25)26(14-18)15-19-11-20(24)6-10-23(19)28-2/h4-6,8-11,18,21H,3,7,12-16H2,1-2H3/t18-,21+/m0/s1. The summed E-state index contributed by atoms with van der Waals surface area (Å²) in [5.41, 5.74) is 2.26. The third kappa shape index (κ3) is 4.31. The van der Waals surface area contributed by atoms with E-state index in [0.29, 0.717) is 12.0 Å². The lowest BCUT2D eigenvalue weighted by molar-refractivity contribution is 0.122. The molecule has 0 unspecified atom stereocenters. The maximum Gasteiger partial charge on any atom is 0.123 e. The third-order valence-electron chi connectivity index (χ3n) is 6.08. The number of halogens is 1. The molecule has 0 N–H and O–H groups in total. The first kappa shape index (κ1) is 19.2. The second kappa shape index (κ2) is 8.50. The van der Waals surface area contributed by atoms with E-state index in [0.717, 1.165) is 49.8 Å². The van der Waals surface area contributed by atoms with Crippen LogP contribution in [0.3, 0.4) is 0 Å². The Morgan fingerprint density at radius 2 is 1.75 bits per heavy atom. The van der Waals surface area contributed by atoms with Crippen molar-refractivity contribution in [2.24, 2.45) is 5.92 Å². The van der Waals surface area contributed by atoms with Gasteiger partial charge in [-0.2, -0.15) is 0 Å². The van der Waals surface area contributed by atoms with Gasteiger partial charge in [-0.25, -0.2) is 4.39 Å². The largest absolute Gasteiger partial charge is 0.497 e. The summed E-state index contributed by atoms with van der Waals surface area (Å²) in [7, 11) is 3.35. The van der Waals surface area contributed by atoms with Crippen LogP contribution in [0.15, 0.2) is 42.5 Å². The summed E-state index contributed by atoms with van der Waals surface area (Å²) in [6.45, 7) is 4.97. The number of benzene rings is 2. The first-order chi connectivity index (χ1) is 13.6. The third-order valence-corrected chi connectivity index (χ3v) is 6.08. The Kier molecular flexibility index (Phi) is 5.83. The minimum atomic E-state index is -0.197. The Balaban J connectivity index is 1.45. The van der Waals surface area contributed by atoms with Crippen LogP contribution in [0.25, 0.3) is 0 Å². The average Bonchev–Trinajstić information content (AvgIpc) is 2.99. The first-order valence-electron chi connectivity index (χ1n) is 10.1. The molecule has 0 aromatic heterocycles. The van der Waals surface area contributed by atoms with E-state index in [-0.39, 0.29) is 5.82 Å². The molecule has 0 saturated carbocycles. The van der Waals surface area contributed by atoms with Crippen molar-refractivity contribution in [2.45, 2.75) is 32.0 Å². The van der Waals surface area contributed by atoms with Crippen molar-refractivity contribution in [3.63, 3.8) is 0 Å². The van der Waals surface area contributed by atoms with Crippen LogP contribution < -0.4 is 9.47 Å². The number of piperidine rings is 1. The zero-order chi connectivity index (χ0) is 19.5. The fraction of sp³-hybridized carbons (Fsp3) is 0.478.